The number of unbranched alkanes of at least 4 members (excludes halogenated alkanes) is 2. The Morgan fingerprint density at radius 2 is 1.54 bits per heavy atom. The smallest absolute Gasteiger partial charge is 0.0306 e. The van der Waals surface area contributed by atoms with Crippen molar-refractivity contribution in [2.24, 2.45) is 0 Å². The van der Waals surface area contributed by atoms with E-state index in [9.17, 15) is 0 Å². The van der Waals surface area contributed by atoms with Crippen molar-refractivity contribution in [1.29, 1.82) is 0 Å². The van der Waals surface area contributed by atoms with Gasteiger partial charge in [-0.3, -0.25) is 0 Å². The summed E-state index contributed by atoms with van der Waals surface area (Å²) in [6.45, 7) is 8.30. The summed E-state index contributed by atoms with van der Waals surface area (Å²) < 4.78 is 0.103. The summed E-state index contributed by atoms with van der Waals surface area (Å²) in [5, 5.41) is 0. The van der Waals surface area contributed by atoms with Crippen LogP contribution < -0.4 is 0 Å². The van der Waals surface area contributed by atoms with E-state index in [0.717, 1.165) is 0 Å². The normalized spacial score (nSPS) is 10.7. The molecule has 0 aliphatic rings. The molecule has 0 rings (SSSR count). The van der Waals surface area contributed by atoms with E-state index in [1.165, 1.54) is 38.5 Å². The topological polar surface area (TPSA) is 0 Å². The van der Waals surface area contributed by atoms with Gasteiger partial charge in [0.2, 0.25) is 0 Å². The number of hydrogen-bond acceptors (Lipinski definition) is 1. The molecule has 0 saturated carbocycles. The Hall–Kier alpha value is 0.570. The molecule has 0 heterocycles. The fourth-order valence-electron chi connectivity index (χ4n) is 1.29. The molecule has 0 saturated heterocycles. The van der Waals surface area contributed by atoms with Crippen molar-refractivity contribution in [3.8, 4) is 0 Å². The van der Waals surface area contributed by atoms with Crippen LogP contribution in [0, 0.1) is 0 Å². The molecule has 0 atom stereocenters. The molecular formula is C11H23BrS. The fourth-order valence-corrected chi connectivity index (χ4v) is 1.61. The summed E-state index contributed by atoms with van der Waals surface area (Å²) in [4.78, 5) is 0. The quantitative estimate of drug-likeness (QED) is 0.497. The second kappa shape index (κ2) is 9.14. The minimum absolute atomic E-state index is 0. The number of rotatable bonds is 7. The third-order valence-corrected chi connectivity index (χ3v) is 2.94. The molecule has 0 fully saturated rings. The van der Waals surface area contributed by atoms with Crippen LogP contribution in [0.3, 0.4) is 0 Å². The van der Waals surface area contributed by atoms with E-state index >= 15 is 0 Å². The van der Waals surface area contributed by atoms with Gasteiger partial charge in [-0.05, 0) is 12.8 Å². The summed E-state index contributed by atoms with van der Waals surface area (Å²) in [6.07, 6.45) is 9.40. The first-order valence-corrected chi connectivity index (χ1v) is 5.49. The minimum atomic E-state index is 0. The lowest BCUT2D eigenvalue weighted by Crippen LogP contribution is -2.17. The van der Waals surface area contributed by atoms with E-state index in [0.29, 0.717) is 0 Å². The first kappa shape index (κ1) is 16.0. The van der Waals surface area contributed by atoms with Crippen molar-refractivity contribution in [2.45, 2.75) is 57.1 Å². The molecule has 13 heavy (non-hydrogen) atoms. The van der Waals surface area contributed by atoms with Gasteiger partial charge in [0.15, 0.2) is 0 Å². The van der Waals surface area contributed by atoms with Crippen LogP contribution in [-0.4, -0.2) is 4.75 Å². The summed E-state index contributed by atoms with van der Waals surface area (Å²) in [7, 11) is 0. The Morgan fingerprint density at radius 3 is 1.77 bits per heavy atom. The van der Waals surface area contributed by atoms with Crippen LogP contribution in [0.25, 0.3) is 0 Å². The Balaban J connectivity index is 0. The average molecular weight is 267 g/mol. The Labute approximate surface area is 99.4 Å². The van der Waals surface area contributed by atoms with E-state index in [-0.39, 0.29) is 21.7 Å². The number of hydrogen-bond donors (Lipinski definition) is 1. The molecule has 0 unspecified atom stereocenters. The third kappa shape index (κ3) is 7.63. The van der Waals surface area contributed by atoms with Crippen molar-refractivity contribution in [3.63, 3.8) is 0 Å². The van der Waals surface area contributed by atoms with Gasteiger partial charge in [0.1, 0.15) is 0 Å². The molecular weight excluding hydrogens is 244 g/mol. The molecule has 0 bridgehead atoms. The van der Waals surface area contributed by atoms with Gasteiger partial charge in [-0.2, -0.15) is 12.6 Å². The summed E-state index contributed by atoms with van der Waals surface area (Å²) in [6, 6.07) is 0. The Kier molecular flexibility index (Phi) is 11.3. The van der Waals surface area contributed by atoms with Crippen molar-refractivity contribution in [1.82, 2.24) is 0 Å². The molecule has 2 heteroatoms. The van der Waals surface area contributed by atoms with Gasteiger partial charge in [-0.25, -0.2) is 0 Å². The molecule has 0 N–H and O–H groups in total. The molecule has 0 amide bonds. The van der Waals surface area contributed by atoms with E-state index in [1.807, 2.05) is 6.08 Å². The van der Waals surface area contributed by atoms with Gasteiger partial charge in [0.25, 0.3) is 0 Å². The predicted molar refractivity (Wildman–Crippen MR) is 71.3 cm³/mol. The van der Waals surface area contributed by atoms with Crippen LogP contribution >= 0.6 is 29.6 Å². The molecule has 0 aromatic carbocycles. The first-order chi connectivity index (χ1) is 5.68. The SMILES string of the molecule is Br.C=CC(S)(CCCC)CCCC. The maximum atomic E-state index is 4.67. The van der Waals surface area contributed by atoms with Crippen LogP contribution in [-0.2, 0) is 0 Å². The van der Waals surface area contributed by atoms with Crippen LogP contribution in [0.4, 0.5) is 0 Å². The van der Waals surface area contributed by atoms with Crippen molar-refractivity contribution < 1.29 is 0 Å². The highest BCUT2D eigenvalue weighted by Gasteiger charge is 2.19. The standard InChI is InChI=1S/C11H22S.BrH/c1-4-7-9-11(12,6-3)10-8-5-2;/h6,12H,3-5,7-10H2,1-2H3;1H. The third-order valence-electron chi connectivity index (χ3n) is 2.31. The second-order valence-corrected chi connectivity index (χ2v) is 4.41. The Morgan fingerprint density at radius 1 is 1.15 bits per heavy atom. The lowest BCUT2D eigenvalue weighted by atomic mass is 9.95. The number of halogens is 1. The van der Waals surface area contributed by atoms with E-state index < -0.39 is 0 Å². The van der Waals surface area contributed by atoms with Crippen molar-refractivity contribution >= 4 is 29.6 Å². The highest BCUT2D eigenvalue weighted by atomic mass is 79.9. The minimum Gasteiger partial charge on any atom is -0.168 e. The highest BCUT2D eigenvalue weighted by molar-refractivity contribution is 8.93. The van der Waals surface area contributed by atoms with Crippen LogP contribution in [0.5, 0.6) is 0 Å². The first-order valence-electron chi connectivity index (χ1n) is 5.04. The zero-order valence-corrected chi connectivity index (χ0v) is 11.5. The molecule has 0 spiro atoms. The maximum absolute atomic E-state index is 4.67. The molecule has 0 radical (unpaired) electrons. The average Bonchev–Trinajstić information content (AvgIpc) is 2.11. The fraction of sp³-hybridized carbons (Fsp3) is 0.818. The van der Waals surface area contributed by atoms with E-state index in [4.69, 9.17) is 0 Å². The van der Waals surface area contributed by atoms with Gasteiger partial charge < -0.3 is 0 Å². The lowest BCUT2D eigenvalue weighted by molar-refractivity contribution is 0.540. The molecule has 0 aliphatic heterocycles. The van der Waals surface area contributed by atoms with Gasteiger partial charge in [-0.1, -0.05) is 45.6 Å². The summed E-state index contributed by atoms with van der Waals surface area (Å²) in [5.74, 6) is 0. The second-order valence-electron chi connectivity index (χ2n) is 3.51. The van der Waals surface area contributed by atoms with Gasteiger partial charge >= 0.3 is 0 Å². The number of thiol groups is 1. The molecule has 80 valence electrons. The van der Waals surface area contributed by atoms with Crippen LogP contribution in [0.15, 0.2) is 12.7 Å². The van der Waals surface area contributed by atoms with Gasteiger partial charge in [0, 0.05) is 4.75 Å². The van der Waals surface area contributed by atoms with E-state index in [2.05, 4.69) is 33.1 Å². The van der Waals surface area contributed by atoms with Crippen molar-refractivity contribution in [2.75, 3.05) is 0 Å². The summed E-state index contributed by atoms with van der Waals surface area (Å²) >= 11 is 4.67. The monoisotopic (exact) mass is 266 g/mol. The van der Waals surface area contributed by atoms with Crippen LogP contribution in [0.2, 0.25) is 0 Å². The zero-order valence-electron chi connectivity index (χ0n) is 8.88. The largest absolute Gasteiger partial charge is 0.168 e. The molecule has 0 nitrogen and oxygen atoms in total. The maximum Gasteiger partial charge on any atom is 0.0306 e. The predicted octanol–water partition coefficient (Wildman–Crippen LogP) is 4.80. The summed E-state index contributed by atoms with van der Waals surface area (Å²) in [5.41, 5.74) is 0. The molecule has 0 aromatic rings. The van der Waals surface area contributed by atoms with Crippen molar-refractivity contribution in [3.05, 3.63) is 12.7 Å². The van der Waals surface area contributed by atoms with E-state index in [1.54, 1.807) is 0 Å². The van der Waals surface area contributed by atoms with Gasteiger partial charge in [0.05, 0.1) is 0 Å². The van der Waals surface area contributed by atoms with Gasteiger partial charge in [-0.15, -0.1) is 23.6 Å². The zero-order chi connectivity index (χ0) is 9.45. The van der Waals surface area contributed by atoms with Crippen LogP contribution in [0.1, 0.15) is 52.4 Å². The Bertz CT molecular complexity index is 115. The molecule has 0 aromatic heterocycles. The highest BCUT2D eigenvalue weighted by Crippen LogP contribution is 2.29. The molecule has 0 aliphatic carbocycles. The lowest BCUT2D eigenvalue weighted by Gasteiger charge is -2.24.